The van der Waals surface area contributed by atoms with Crippen molar-refractivity contribution in [2.24, 2.45) is 0 Å². The van der Waals surface area contributed by atoms with E-state index in [2.05, 4.69) is 24.3 Å². The van der Waals surface area contributed by atoms with Gasteiger partial charge in [-0.15, -0.1) is 0 Å². The van der Waals surface area contributed by atoms with Gasteiger partial charge in [-0.1, -0.05) is 48.5 Å². The minimum absolute atomic E-state index is 0.0694. The van der Waals surface area contributed by atoms with Crippen LogP contribution >= 0.6 is 0 Å². The van der Waals surface area contributed by atoms with Gasteiger partial charge in [-0.3, -0.25) is 0 Å². The van der Waals surface area contributed by atoms with Gasteiger partial charge in [0, 0.05) is 5.92 Å². The van der Waals surface area contributed by atoms with E-state index >= 15 is 0 Å². The van der Waals surface area contributed by atoms with Crippen LogP contribution in [0.15, 0.2) is 48.5 Å². The fourth-order valence-electron chi connectivity index (χ4n) is 2.87. The number of hydrogen-bond donors (Lipinski definition) is 0. The van der Waals surface area contributed by atoms with Gasteiger partial charge in [-0.05, 0) is 43.0 Å². The number of hydrogen-bond acceptors (Lipinski definition) is 3. The normalized spacial score (nSPS) is 13.4. The van der Waals surface area contributed by atoms with E-state index in [1.165, 1.54) is 22.3 Å². The molecule has 0 spiro atoms. The maximum atomic E-state index is 11.8. The number of carbonyl (C=O) groups excluding carboxylic acids is 1. The Hall–Kier alpha value is -2.29. The lowest BCUT2D eigenvalue weighted by Crippen LogP contribution is -2.25. The topological polar surface area (TPSA) is 35.5 Å². The van der Waals surface area contributed by atoms with Gasteiger partial charge < -0.3 is 9.47 Å². The van der Waals surface area contributed by atoms with E-state index in [1.54, 1.807) is 0 Å². The van der Waals surface area contributed by atoms with Gasteiger partial charge >= 0.3 is 6.16 Å². The van der Waals surface area contributed by atoms with Gasteiger partial charge in [0.1, 0.15) is 12.2 Å². The molecule has 0 radical (unpaired) electrons. The minimum atomic E-state index is -0.616. The first-order valence-corrected chi connectivity index (χ1v) is 7.50. The third-order valence-electron chi connectivity index (χ3n) is 3.72. The van der Waals surface area contributed by atoms with Gasteiger partial charge in [-0.25, -0.2) is 4.79 Å². The Morgan fingerprint density at radius 2 is 1.45 bits per heavy atom. The van der Waals surface area contributed by atoms with Crippen LogP contribution in [-0.2, 0) is 9.47 Å². The SMILES string of the molecule is CC(C)(C)OC(=O)OCC1c2ccccc2-c2ccccc21. The molecule has 0 bridgehead atoms. The van der Waals surface area contributed by atoms with Crippen LogP contribution < -0.4 is 0 Å². The predicted octanol–water partition coefficient (Wildman–Crippen LogP) is 4.75. The van der Waals surface area contributed by atoms with Crippen molar-refractivity contribution >= 4 is 6.16 Å². The Kier molecular flexibility index (Phi) is 3.65. The van der Waals surface area contributed by atoms with Gasteiger partial charge in [0.2, 0.25) is 0 Å². The molecule has 0 saturated carbocycles. The molecule has 1 aliphatic rings. The summed E-state index contributed by atoms with van der Waals surface area (Å²) in [5.74, 6) is 0.0694. The van der Waals surface area contributed by atoms with Crippen LogP contribution in [0.1, 0.15) is 37.8 Å². The lowest BCUT2D eigenvalue weighted by molar-refractivity contribution is -0.00815. The Morgan fingerprint density at radius 3 is 1.95 bits per heavy atom. The molecule has 0 saturated heterocycles. The quantitative estimate of drug-likeness (QED) is 0.750. The average molecular weight is 296 g/mol. The first-order valence-electron chi connectivity index (χ1n) is 7.50. The lowest BCUT2D eigenvalue weighted by Gasteiger charge is -2.20. The highest BCUT2D eigenvalue weighted by molar-refractivity contribution is 5.78. The third-order valence-corrected chi connectivity index (χ3v) is 3.72. The van der Waals surface area contributed by atoms with E-state index in [1.807, 2.05) is 45.0 Å². The van der Waals surface area contributed by atoms with Gasteiger partial charge in [-0.2, -0.15) is 0 Å². The van der Waals surface area contributed by atoms with E-state index in [0.29, 0.717) is 6.61 Å². The maximum Gasteiger partial charge on any atom is 0.508 e. The van der Waals surface area contributed by atoms with E-state index in [4.69, 9.17) is 9.47 Å². The zero-order valence-electron chi connectivity index (χ0n) is 13.1. The van der Waals surface area contributed by atoms with Crippen molar-refractivity contribution < 1.29 is 14.3 Å². The van der Waals surface area contributed by atoms with E-state index in [-0.39, 0.29) is 5.92 Å². The largest absolute Gasteiger partial charge is 0.508 e. The maximum absolute atomic E-state index is 11.8. The molecule has 0 heterocycles. The van der Waals surface area contributed by atoms with Crippen molar-refractivity contribution in [3.8, 4) is 11.1 Å². The zero-order chi connectivity index (χ0) is 15.7. The highest BCUT2D eigenvalue weighted by Crippen LogP contribution is 2.44. The minimum Gasteiger partial charge on any atom is -0.433 e. The molecule has 0 amide bonds. The monoisotopic (exact) mass is 296 g/mol. The van der Waals surface area contributed by atoms with Crippen molar-refractivity contribution in [2.45, 2.75) is 32.3 Å². The molecule has 0 N–H and O–H groups in total. The molecule has 0 fully saturated rings. The fraction of sp³-hybridized carbons (Fsp3) is 0.316. The molecule has 0 aromatic heterocycles. The van der Waals surface area contributed by atoms with Crippen molar-refractivity contribution in [3.63, 3.8) is 0 Å². The first kappa shape index (κ1) is 14.6. The molecular formula is C19H20O3. The van der Waals surface area contributed by atoms with Crippen molar-refractivity contribution in [2.75, 3.05) is 6.61 Å². The molecule has 0 atom stereocenters. The van der Waals surface area contributed by atoms with E-state index in [9.17, 15) is 4.79 Å². The van der Waals surface area contributed by atoms with Crippen LogP contribution in [-0.4, -0.2) is 18.4 Å². The van der Waals surface area contributed by atoms with Crippen molar-refractivity contribution in [1.29, 1.82) is 0 Å². The molecular weight excluding hydrogens is 276 g/mol. The summed E-state index contributed by atoms with van der Waals surface area (Å²) in [4.78, 5) is 11.8. The number of carbonyl (C=O) groups is 1. The molecule has 0 unspecified atom stereocenters. The molecule has 22 heavy (non-hydrogen) atoms. The van der Waals surface area contributed by atoms with Crippen molar-refractivity contribution in [1.82, 2.24) is 0 Å². The summed E-state index contributed by atoms with van der Waals surface area (Å²) in [6.45, 7) is 5.78. The number of ether oxygens (including phenoxy) is 2. The van der Waals surface area contributed by atoms with E-state index < -0.39 is 11.8 Å². The molecule has 2 aromatic carbocycles. The van der Waals surface area contributed by atoms with Crippen LogP contribution in [0.25, 0.3) is 11.1 Å². The second kappa shape index (κ2) is 5.48. The predicted molar refractivity (Wildman–Crippen MR) is 85.9 cm³/mol. The third kappa shape index (κ3) is 2.84. The summed E-state index contributed by atoms with van der Waals surface area (Å²) in [6, 6.07) is 16.5. The Bertz CT molecular complexity index is 652. The summed E-state index contributed by atoms with van der Waals surface area (Å²) < 4.78 is 10.6. The first-order chi connectivity index (χ1) is 10.5. The highest BCUT2D eigenvalue weighted by Gasteiger charge is 2.29. The summed E-state index contributed by atoms with van der Waals surface area (Å²) in [5.41, 5.74) is 4.30. The zero-order valence-corrected chi connectivity index (χ0v) is 13.1. The smallest absolute Gasteiger partial charge is 0.433 e. The van der Waals surface area contributed by atoms with Crippen LogP contribution in [0, 0.1) is 0 Å². The summed E-state index contributed by atoms with van der Waals surface area (Å²) in [6.07, 6.45) is -0.616. The number of rotatable bonds is 2. The van der Waals surface area contributed by atoms with Crippen LogP contribution in [0.3, 0.4) is 0 Å². The van der Waals surface area contributed by atoms with Crippen molar-refractivity contribution in [3.05, 3.63) is 59.7 Å². The number of benzene rings is 2. The second-order valence-corrected chi connectivity index (χ2v) is 6.50. The molecule has 3 rings (SSSR count). The molecule has 2 aromatic rings. The van der Waals surface area contributed by atoms with Crippen LogP contribution in [0.5, 0.6) is 0 Å². The Balaban J connectivity index is 1.81. The van der Waals surface area contributed by atoms with Crippen LogP contribution in [0.2, 0.25) is 0 Å². The molecule has 3 nitrogen and oxygen atoms in total. The average Bonchev–Trinajstić information content (AvgIpc) is 2.78. The summed E-state index contributed by atoms with van der Waals surface area (Å²) in [7, 11) is 0. The molecule has 0 aliphatic heterocycles. The van der Waals surface area contributed by atoms with Gasteiger partial charge in [0.05, 0.1) is 0 Å². The van der Waals surface area contributed by atoms with Gasteiger partial charge in [0.25, 0.3) is 0 Å². The molecule has 3 heteroatoms. The second-order valence-electron chi connectivity index (χ2n) is 6.50. The van der Waals surface area contributed by atoms with Crippen LogP contribution in [0.4, 0.5) is 4.79 Å². The highest BCUT2D eigenvalue weighted by atomic mass is 16.7. The number of fused-ring (bicyclic) bond motifs is 3. The standard InChI is InChI=1S/C19H20O3/c1-19(2,3)22-18(20)21-12-17-15-10-6-4-8-13(15)14-9-5-7-11-16(14)17/h4-11,17H,12H2,1-3H3. The fourth-order valence-corrected chi connectivity index (χ4v) is 2.87. The Labute approximate surface area is 130 Å². The van der Waals surface area contributed by atoms with E-state index in [0.717, 1.165) is 0 Å². The summed E-state index contributed by atoms with van der Waals surface area (Å²) in [5, 5.41) is 0. The molecule has 114 valence electrons. The Morgan fingerprint density at radius 1 is 0.955 bits per heavy atom. The molecule has 1 aliphatic carbocycles. The summed E-state index contributed by atoms with van der Waals surface area (Å²) >= 11 is 0. The lowest BCUT2D eigenvalue weighted by atomic mass is 9.98. The van der Waals surface area contributed by atoms with Gasteiger partial charge in [0.15, 0.2) is 0 Å².